The van der Waals surface area contributed by atoms with Gasteiger partial charge in [-0.3, -0.25) is 9.71 Å². The quantitative estimate of drug-likeness (QED) is 0.471. The Bertz CT molecular complexity index is 1160. The summed E-state index contributed by atoms with van der Waals surface area (Å²) in [5, 5.41) is 0. The molecular weight excluding hydrogens is 436 g/mol. The minimum absolute atomic E-state index is 0.0523. The third-order valence-electron chi connectivity index (χ3n) is 5.99. The van der Waals surface area contributed by atoms with Crippen molar-refractivity contribution in [3.63, 3.8) is 0 Å². The van der Waals surface area contributed by atoms with Crippen LogP contribution in [0.2, 0.25) is 0 Å². The minimum Gasteiger partial charge on any atom is -0.493 e. The van der Waals surface area contributed by atoms with Crippen molar-refractivity contribution in [2.75, 3.05) is 18.1 Å². The molecule has 4 rings (SSSR count). The maximum Gasteiger partial charge on any atom is 0.229 e. The van der Waals surface area contributed by atoms with E-state index < -0.39 is 10.0 Å². The topological polar surface area (TPSA) is 77.5 Å². The molecule has 174 valence electrons. The summed E-state index contributed by atoms with van der Waals surface area (Å²) in [7, 11) is -1.66. The van der Waals surface area contributed by atoms with Gasteiger partial charge in [-0.25, -0.2) is 8.42 Å². The number of hydrogen-bond donors (Lipinski definition) is 1. The number of methoxy groups -OCH3 is 1. The molecule has 1 aliphatic rings. The van der Waals surface area contributed by atoms with Gasteiger partial charge >= 0.3 is 0 Å². The van der Waals surface area contributed by atoms with Crippen LogP contribution in [0, 0.1) is 0 Å². The number of nitrogens with zero attached hydrogens (tertiary/aromatic N) is 1. The molecule has 2 aromatic carbocycles. The average molecular weight is 467 g/mol. The molecule has 33 heavy (non-hydrogen) atoms. The van der Waals surface area contributed by atoms with Gasteiger partial charge in [-0.2, -0.15) is 0 Å². The van der Waals surface area contributed by atoms with Crippen LogP contribution in [-0.4, -0.2) is 32.9 Å². The molecule has 1 N–H and O–H groups in total. The summed E-state index contributed by atoms with van der Waals surface area (Å²) in [4.78, 5) is 4.14. The number of sulfonamides is 1. The van der Waals surface area contributed by atoms with E-state index in [1.807, 2.05) is 30.3 Å². The second kappa shape index (κ2) is 10.3. The molecule has 1 aliphatic carbocycles. The smallest absolute Gasteiger partial charge is 0.229 e. The zero-order valence-corrected chi connectivity index (χ0v) is 19.8. The van der Waals surface area contributed by atoms with Crippen molar-refractivity contribution >= 4 is 15.7 Å². The summed E-state index contributed by atoms with van der Waals surface area (Å²) >= 11 is 0. The summed E-state index contributed by atoms with van der Waals surface area (Å²) < 4.78 is 37.6. The van der Waals surface area contributed by atoms with Crippen LogP contribution in [0.5, 0.6) is 11.5 Å². The number of aromatic nitrogens is 1. The molecule has 1 saturated carbocycles. The molecule has 3 aromatic rings. The van der Waals surface area contributed by atoms with Gasteiger partial charge in [0.15, 0.2) is 11.5 Å². The molecule has 0 spiro atoms. The van der Waals surface area contributed by atoms with Gasteiger partial charge in [0.25, 0.3) is 0 Å². The van der Waals surface area contributed by atoms with Gasteiger partial charge in [0.1, 0.15) is 0 Å². The highest BCUT2D eigenvalue weighted by Gasteiger charge is 2.21. The van der Waals surface area contributed by atoms with Crippen molar-refractivity contribution in [3.05, 3.63) is 83.7 Å². The van der Waals surface area contributed by atoms with Crippen LogP contribution in [-0.2, 0) is 16.4 Å². The molecule has 6 nitrogen and oxygen atoms in total. The lowest BCUT2D eigenvalue weighted by atomic mass is 9.86. The van der Waals surface area contributed by atoms with E-state index in [0.29, 0.717) is 5.69 Å². The van der Waals surface area contributed by atoms with E-state index in [4.69, 9.17) is 9.47 Å². The fourth-order valence-corrected chi connectivity index (χ4v) is 4.93. The zero-order valence-electron chi connectivity index (χ0n) is 19.0. The Morgan fingerprint density at radius 1 is 0.970 bits per heavy atom. The van der Waals surface area contributed by atoms with Gasteiger partial charge in [0.05, 0.1) is 19.5 Å². The van der Waals surface area contributed by atoms with Crippen LogP contribution in [0.25, 0.3) is 0 Å². The van der Waals surface area contributed by atoms with Gasteiger partial charge in [-0.05, 0) is 85.2 Å². The van der Waals surface area contributed by atoms with Crippen molar-refractivity contribution in [3.8, 4) is 11.5 Å². The largest absolute Gasteiger partial charge is 0.493 e. The van der Waals surface area contributed by atoms with Crippen molar-refractivity contribution in [2.45, 2.75) is 44.1 Å². The van der Waals surface area contributed by atoms with E-state index in [9.17, 15) is 8.42 Å². The fourth-order valence-electron chi connectivity index (χ4n) is 4.37. The van der Waals surface area contributed by atoms with Gasteiger partial charge in [0, 0.05) is 24.0 Å². The number of hydrogen-bond acceptors (Lipinski definition) is 5. The predicted molar refractivity (Wildman–Crippen MR) is 131 cm³/mol. The minimum atomic E-state index is -3.32. The lowest BCUT2D eigenvalue weighted by Crippen LogP contribution is -2.13. The molecule has 0 bridgehead atoms. The van der Waals surface area contributed by atoms with Crippen LogP contribution in [0.3, 0.4) is 0 Å². The molecule has 0 radical (unpaired) electrons. The molecule has 1 fully saturated rings. The number of benzene rings is 2. The van der Waals surface area contributed by atoms with Gasteiger partial charge in [-0.1, -0.05) is 18.2 Å². The highest BCUT2D eigenvalue weighted by molar-refractivity contribution is 7.92. The maximum atomic E-state index is 11.6. The van der Waals surface area contributed by atoms with E-state index in [1.54, 1.807) is 31.6 Å². The second-order valence-corrected chi connectivity index (χ2v) is 10.3. The molecular formula is C26H30N2O4S. The van der Waals surface area contributed by atoms with E-state index in [0.717, 1.165) is 48.1 Å². The molecule has 7 heteroatoms. The Kier molecular flexibility index (Phi) is 7.18. The van der Waals surface area contributed by atoms with Crippen LogP contribution < -0.4 is 14.2 Å². The number of anilines is 1. The van der Waals surface area contributed by atoms with E-state index in [1.165, 1.54) is 18.4 Å². The van der Waals surface area contributed by atoms with E-state index in [-0.39, 0.29) is 12.0 Å². The second-order valence-electron chi connectivity index (χ2n) is 8.54. The molecule has 1 heterocycles. The Hall–Kier alpha value is -3.06. The lowest BCUT2D eigenvalue weighted by Gasteiger charge is -2.22. The summed E-state index contributed by atoms with van der Waals surface area (Å²) in [6.07, 6.45) is 10.3. The third-order valence-corrected chi connectivity index (χ3v) is 6.60. The fraction of sp³-hybridized carbons (Fsp3) is 0.346. The molecule has 1 unspecified atom stereocenters. The van der Waals surface area contributed by atoms with Crippen molar-refractivity contribution in [2.24, 2.45) is 0 Å². The first kappa shape index (κ1) is 23.1. The lowest BCUT2D eigenvalue weighted by molar-refractivity contribution is 0.200. The Labute approximate surface area is 196 Å². The number of pyridine rings is 1. The van der Waals surface area contributed by atoms with Crippen molar-refractivity contribution in [1.29, 1.82) is 0 Å². The average Bonchev–Trinajstić information content (AvgIpc) is 3.31. The van der Waals surface area contributed by atoms with Crippen molar-refractivity contribution < 1.29 is 17.9 Å². The monoisotopic (exact) mass is 466 g/mol. The molecule has 0 aliphatic heterocycles. The summed E-state index contributed by atoms with van der Waals surface area (Å²) in [6.45, 7) is 0. The van der Waals surface area contributed by atoms with E-state index in [2.05, 4.69) is 21.8 Å². The Balaban J connectivity index is 1.68. The summed E-state index contributed by atoms with van der Waals surface area (Å²) in [5.41, 5.74) is 3.92. The maximum absolute atomic E-state index is 11.6. The first-order chi connectivity index (χ1) is 15.9. The zero-order chi connectivity index (χ0) is 23.3. The Morgan fingerprint density at radius 3 is 2.27 bits per heavy atom. The molecule has 0 amide bonds. The van der Waals surface area contributed by atoms with Crippen LogP contribution in [0.1, 0.15) is 48.3 Å². The van der Waals surface area contributed by atoms with Gasteiger partial charge < -0.3 is 9.47 Å². The van der Waals surface area contributed by atoms with Crippen LogP contribution in [0.4, 0.5) is 5.69 Å². The standard InChI is InChI=1S/C26H30N2O4S/c1-31-25-12-9-21(18-26(25)32-23-5-3-4-6-23)24(17-19-13-15-27-16-14-19)20-7-10-22(11-8-20)28-33(2,29)30/h7-16,18,23-24,28H,3-6,17H2,1-2H3. The summed E-state index contributed by atoms with van der Waals surface area (Å²) in [6, 6.07) is 17.7. The third kappa shape index (κ3) is 6.26. The van der Waals surface area contributed by atoms with Crippen molar-refractivity contribution in [1.82, 2.24) is 4.98 Å². The van der Waals surface area contributed by atoms with Gasteiger partial charge in [-0.15, -0.1) is 0 Å². The molecule has 1 atom stereocenters. The highest BCUT2D eigenvalue weighted by atomic mass is 32.2. The first-order valence-electron chi connectivity index (χ1n) is 11.2. The first-order valence-corrected chi connectivity index (χ1v) is 13.1. The summed E-state index contributed by atoms with van der Waals surface area (Å²) in [5.74, 6) is 1.56. The molecule has 0 saturated heterocycles. The van der Waals surface area contributed by atoms with Crippen LogP contribution in [0.15, 0.2) is 67.0 Å². The Morgan fingerprint density at radius 2 is 1.64 bits per heavy atom. The molecule has 1 aromatic heterocycles. The van der Waals surface area contributed by atoms with Crippen LogP contribution >= 0.6 is 0 Å². The SMILES string of the molecule is COc1ccc(C(Cc2ccncc2)c2ccc(NS(C)(=O)=O)cc2)cc1OC1CCCC1. The predicted octanol–water partition coefficient (Wildman–Crippen LogP) is 5.16. The number of ether oxygens (including phenoxy) is 2. The normalized spacial score (nSPS) is 15.2. The number of nitrogens with one attached hydrogen (secondary N) is 1. The van der Waals surface area contributed by atoms with Gasteiger partial charge in [0.2, 0.25) is 10.0 Å². The van der Waals surface area contributed by atoms with E-state index >= 15 is 0 Å². The highest BCUT2D eigenvalue weighted by Crippen LogP contribution is 2.37. The number of rotatable bonds is 9.